The average molecular weight is 191 g/mol. The number of carboxylic acids is 1. The average Bonchev–Trinajstić information content (AvgIpc) is 2.17. The maximum Gasteiger partial charge on any atom is 0.337 e. The second-order valence-electron chi connectivity index (χ2n) is 2.65. The largest absolute Gasteiger partial charge is 0.478 e. The molecular weight excluding hydrogens is 186 g/mol. The van der Waals surface area contributed by atoms with E-state index in [-0.39, 0.29) is 16.5 Å². The molecule has 0 saturated heterocycles. The van der Waals surface area contributed by atoms with Crippen molar-refractivity contribution in [3.8, 4) is 0 Å². The molecule has 0 atom stereocenters. The molecule has 0 unspecified atom stereocenters. The van der Waals surface area contributed by atoms with Crippen LogP contribution in [-0.4, -0.2) is 26.5 Å². The Bertz CT molecular complexity index is 561. The number of aromatic amines is 1. The summed E-state index contributed by atoms with van der Waals surface area (Å²) >= 11 is 0. The van der Waals surface area contributed by atoms with Gasteiger partial charge >= 0.3 is 5.97 Å². The van der Waals surface area contributed by atoms with Crippen molar-refractivity contribution in [1.82, 2.24) is 15.4 Å². The normalized spacial score (nSPS) is 10.3. The third-order valence-corrected chi connectivity index (χ3v) is 1.81. The Hall–Kier alpha value is -2.24. The summed E-state index contributed by atoms with van der Waals surface area (Å²) in [4.78, 5) is 21.9. The number of fused-ring (bicyclic) bond motifs is 1. The molecular formula is C8H5N3O3. The van der Waals surface area contributed by atoms with Crippen LogP contribution in [-0.2, 0) is 0 Å². The van der Waals surface area contributed by atoms with E-state index in [4.69, 9.17) is 5.11 Å². The first kappa shape index (κ1) is 8.36. The first-order valence-corrected chi connectivity index (χ1v) is 3.77. The van der Waals surface area contributed by atoms with Crippen LogP contribution in [0.15, 0.2) is 23.0 Å². The van der Waals surface area contributed by atoms with Crippen LogP contribution in [0.4, 0.5) is 0 Å². The number of hydrogen-bond acceptors (Lipinski definition) is 4. The number of nitrogens with one attached hydrogen (secondary N) is 1. The van der Waals surface area contributed by atoms with Gasteiger partial charge in [0.05, 0.1) is 10.9 Å². The van der Waals surface area contributed by atoms with Gasteiger partial charge in [-0.15, -0.1) is 5.10 Å². The minimum absolute atomic E-state index is 0.0268. The van der Waals surface area contributed by atoms with Crippen molar-refractivity contribution in [2.75, 3.05) is 0 Å². The molecule has 0 radical (unpaired) electrons. The summed E-state index contributed by atoms with van der Waals surface area (Å²) < 4.78 is 0. The highest BCUT2D eigenvalue weighted by molar-refractivity contribution is 6.01. The topological polar surface area (TPSA) is 95.9 Å². The molecule has 0 bridgehead atoms. The fourth-order valence-corrected chi connectivity index (χ4v) is 1.19. The first-order chi connectivity index (χ1) is 6.70. The van der Waals surface area contributed by atoms with Crippen LogP contribution in [0.3, 0.4) is 0 Å². The van der Waals surface area contributed by atoms with E-state index in [9.17, 15) is 9.59 Å². The number of H-pyrrole nitrogens is 1. The zero-order chi connectivity index (χ0) is 10.1. The van der Waals surface area contributed by atoms with Crippen LogP contribution in [0.1, 0.15) is 10.4 Å². The van der Waals surface area contributed by atoms with Gasteiger partial charge in [0.25, 0.3) is 5.56 Å². The Morgan fingerprint density at radius 3 is 2.93 bits per heavy atom. The van der Waals surface area contributed by atoms with Gasteiger partial charge in [0.2, 0.25) is 0 Å². The summed E-state index contributed by atoms with van der Waals surface area (Å²) in [6.45, 7) is 0. The molecule has 2 N–H and O–H groups in total. The smallest absolute Gasteiger partial charge is 0.337 e. The first-order valence-electron chi connectivity index (χ1n) is 3.77. The lowest BCUT2D eigenvalue weighted by Crippen LogP contribution is -2.12. The second kappa shape index (κ2) is 2.91. The van der Waals surface area contributed by atoms with E-state index in [0.29, 0.717) is 0 Å². The zero-order valence-corrected chi connectivity index (χ0v) is 6.89. The van der Waals surface area contributed by atoms with Gasteiger partial charge in [-0.1, -0.05) is 11.3 Å². The highest BCUT2D eigenvalue weighted by atomic mass is 16.4. The van der Waals surface area contributed by atoms with Crippen LogP contribution < -0.4 is 5.56 Å². The number of rotatable bonds is 1. The van der Waals surface area contributed by atoms with Crippen molar-refractivity contribution < 1.29 is 9.90 Å². The predicted octanol–water partition coefficient (Wildman–Crippen LogP) is 0.0163. The number of aromatic nitrogens is 3. The molecule has 0 fully saturated rings. The fourth-order valence-electron chi connectivity index (χ4n) is 1.19. The summed E-state index contributed by atoms with van der Waals surface area (Å²) in [5, 5.41) is 18.0. The van der Waals surface area contributed by atoms with Crippen LogP contribution >= 0.6 is 0 Å². The van der Waals surface area contributed by atoms with E-state index >= 15 is 0 Å². The van der Waals surface area contributed by atoms with Crippen molar-refractivity contribution in [3.05, 3.63) is 34.1 Å². The lowest BCUT2D eigenvalue weighted by molar-refractivity contribution is 0.0699. The van der Waals surface area contributed by atoms with Crippen molar-refractivity contribution in [2.24, 2.45) is 0 Å². The molecule has 2 rings (SSSR count). The molecule has 1 aromatic heterocycles. The molecule has 0 aliphatic rings. The number of nitrogens with zero attached hydrogens (tertiary/aromatic N) is 2. The lowest BCUT2D eigenvalue weighted by Gasteiger charge is -1.97. The Morgan fingerprint density at radius 2 is 2.21 bits per heavy atom. The van der Waals surface area contributed by atoms with Crippen LogP contribution in [0.25, 0.3) is 10.9 Å². The van der Waals surface area contributed by atoms with Crippen molar-refractivity contribution in [3.63, 3.8) is 0 Å². The molecule has 0 spiro atoms. The van der Waals surface area contributed by atoms with E-state index in [2.05, 4.69) is 15.4 Å². The molecule has 1 aromatic carbocycles. The van der Waals surface area contributed by atoms with Gasteiger partial charge in [-0.3, -0.25) is 4.79 Å². The van der Waals surface area contributed by atoms with Gasteiger partial charge in [-0.05, 0) is 12.1 Å². The number of benzene rings is 1. The van der Waals surface area contributed by atoms with E-state index in [0.717, 1.165) is 0 Å². The lowest BCUT2D eigenvalue weighted by atomic mass is 10.1. The van der Waals surface area contributed by atoms with Gasteiger partial charge < -0.3 is 5.11 Å². The minimum Gasteiger partial charge on any atom is -0.478 e. The van der Waals surface area contributed by atoms with Crippen molar-refractivity contribution >= 4 is 16.9 Å². The monoisotopic (exact) mass is 191 g/mol. The SMILES string of the molecule is O=C(O)c1cccc2c(=O)[nH]nnc12. The Labute approximate surface area is 77.2 Å². The molecule has 14 heavy (non-hydrogen) atoms. The molecule has 0 saturated carbocycles. The Kier molecular flexibility index (Phi) is 1.74. The molecule has 2 aromatic rings. The van der Waals surface area contributed by atoms with E-state index in [1.165, 1.54) is 18.2 Å². The van der Waals surface area contributed by atoms with Crippen molar-refractivity contribution in [1.29, 1.82) is 0 Å². The minimum atomic E-state index is -1.13. The second-order valence-corrected chi connectivity index (χ2v) is 2.65. The van der Waals surface area contributed by atoms with Crippen LogP contribution in [0.5, 0.6) is 0 Å². The Morgan fingerprint density at radius 1 is 1.43 bits per heavy atom. The summed E-state index contributed by atoms with van der Waals surface area (Å²) in [6.07, 6.45) is 0. The summed E-state index contributed by atoms with van der Waals surface area (Å²) in [5.41, 5.74) is -0.372. The third-order valence-electron chi connectivity index (χ3n) is 1.81. The molecule has 70 valence electrons. The van der Waals surface area contributed by atoms with Gasteiger partial charge in [-0.25, -0.2) is 9.89 Å². The maximum atomic E-state index is 11.2. The molecule has 1 heterocycles. The van der Waals surface area contributed by atoms with Crippen molar-refractivity contribution in [2.45, 2.75) is 0 Å². The van der Waals surface area contributed by atoms with Gasteiger partial charge in [0.1, 0.15) is 5.52 Å². The van der Waals surface area contributed by atoms with Crippen LogP contribution in [0.2, 0.25) is 0 Å². The maximum absolute atomic E-state index is 11.2. The summed E-state index contributed by atoms with van der Waals surface area (Å²) in [6, 6.07) is 4.36. The summed E-state index contributed by atoms with van der Waals surface area (Å²) in [7, 11) is 0. The number of aromatic carboxylic acids is 1. The van der Waals surface area contributed by atoms with Gasteiger partial charge in [0.15, 0.2) is 0 Å². The highest BCUT2D eigenvalue weighted by Crippen LogP contribution is 2.11. The van der Waals surface area contributed by atoms with Gasteiger partial charge in [0, 0.05) is 0 Å². The van der Waals surface area contributed by atoms with E-state index in [1.807, 2.05) is 0 Å². The highest BCUT2D eigenvalue weighted by Gasteiger charge is 2.10. The molecule has 0 aliphatic carbocycles. The molecule has 6 nitrogen and oxygen atoms in total. The van der Waals surface area contributed by atoms with Gasteiger partial charge in [-0.2, -0.15) is 0 Å². The standard InChI is InChI=1S/C8H5N3O3/c12-7-4-2-1-3-5(8(13)14)6(4)9-11-10-7/h1-3H,(H,13,14)(H,9,10,12). The zero-order valence-electron chi connectivity index (χ0n) is 6.89. The molecule has 0 aliphatic heterocycles. The Balaban J connectivity index is 2.95. The molecule has 0 amide bonds. The van der Waals surface area contributed by atoms with E-state index in [1.54, 1.807) is 0 Å². The summed E-state index contributed by atoms with van der Waals surface area (Å²) in [5.74, 6) is -1.13. The predicted molar refractivity (Wildman–Crippen MR) is 47.1 cm³/mol. The van der Waals surface area contributed by atoms with Crippen LogP contribution in [0, 0.1) is 0 Å². The quantitative estimate of drug-likeness (QED) is 0.662. The number of hydrogen-bond donors (Lipinski definition) is 2. The third kappa shape index (κ3) is 1.13. The number of carboxylic acid groups (broad SMARTS) is 1. The fraction of sp³-hybridized carbons (Fsp3) is 0. The number of carbonyl (C=O) groups is 1. The molecule has 6 heteroatoms. The van der Waals surface area contributed by atoms with E-state index < -0.39 is 11.5 Å².